The first kappa shape index (κ1) is 34.3. The second kappa shape index (κ2) is 16.1. The molecular formula is C34H34Cl3N3O4S. The maximum atomic E-state index is 14.5. The molecular weight excluding hydrogens is 653 g/mol. The lowest BCUT2D eigenvalue weighted by molar-refractivity contribution is -0.140. The number of benzene rings is 4. The second-order valence-corrected chi connectivity index (χ2v) is 13.6. The predicted molar refractivity (Wildman–Crippen MR) is 181 cm³/mol. The molecule has 0 radical (unpaired) electrons. The average Bonchev–Trinajstić information content (AvgIpc) is 3.02. The minimum Gasteiger partial charge on any atom is -0.354 e. The average molecular weight is 687 g/mol. The molecule has 11 heteroatoms. The molecule has 45 heavy (non-hydrogen) atoms. The van der Waals surface area contributed by atoms with Gasteiger partial charge in [-0.15, -0.1) is 0 Å². The number of hydrogen-bond acceptors (Lipinski definition) is 4. The first-order valence-electron chi connectivity index (χ1n) is 14.5. The maximum absolute atomic E-state index is 14.5. The van der Waals surface area contributed by atoms with Gasteiger partial charge in [-0.2, -0.15) is 0 Å². The summed E-state index contributed by atoms with van der Waals surface area (Å²) in [6, 6.07) is 27.5. The number of sulfonamides is 1. The normalized spacial score (nSPS) is 11.9. The summed E-state index contributed by atoms with van der Waals surface area (Å²) in [4.78, 5) is 29.7. The van der Waals surface area contributed by atoms with Crippen LogP contribution in [0.1, 0.15) is 30.9 Å². The van der Waals surface area contributed by atoms with Gasteiger partial charge in [0.2, 0.25) is 11.8 Å². The zero-order chi connectivity index (χ0) is 32.4. The lowest BCUT2D eigenvalue weighted by Gasteiger charge is -2.34. The number of carbonyl (C=O) groups is 2. The molecule has 0 saturated heterocycles. The van der Waals surface area contributed by atoms with E-state index in [1.165, 1.54) is 35.2 Å². The summed E-state index contributed by atoms with van der Waals surface area (Å²) in [5, 5.41) is 3.90. The summed E-state index contributed by atoms with van der Waals surface area (Å²) in [7, 11) is -4.27. The number of anilines is 1. The van der Waals surface area contributed by atoms with Crippen molar-refractivity contribution in [3.8, 4) is 0 Å². The number of amides is 2. The van der Waals surface area contributed by atoms with Crippen LogP contribution in [0.4, 0.5) is 5.69 Å². The van der Waals surface area contributed by atoms with Gasteiger partial charge in [-0.1, -0.05) is 109 Å². The smallest absolute Gasteiger partial charge is 0.264 e. The molecule has 0 aliphatic rings. The number of carbonyl (C=O) groups excluding carboxylic acids is 2. The predicted octanol–water partition coefficient (Wildman–Crippen LogP) is 7.40. The van der Waals surface area contributed by atoms with Crippen molar-refractivity contribution in [1.82, 2.24) is 10.2 Å². The topological polar surface area (TPSA) is 86.8 Å². The number of hydrogen-bond donors (Lipinski definition) is 1. The van der Waals surface area contributed by atoms with Crippen molar-refractivity contribution in [2.75, 3.05) is 17.4 Å². The molecule has 0 spiro atoms. The van der Waals surface area contributed by atoms with Gasteiger partial charge < -0.3 is 10.2 Å². The zero-order valence-electron chi connectivity index (χ0n) is 24.7. The van der Waals surface area contributed by atoms with Crippen LogP contribution in [0.5, 0.6) is 0 Å². The van der Waals surface area contributed by atoms with E-state index in [2.05, 4.69) is 5.32 Å². The molecule has 0 aliphatic heterocycles. The number of unbranched alkanes of at least 4 members (excludes halogenated alkanes) is 1. The Kier molecular flexibility index (Phi) is 12.3. The van der Waals surface area contributed by atoms with E-state index in [1.54, 1.807) is 42.5 Å². The van der Waals surface area contributed by atoms with Crippen LogP contribution in [-0.2, 0) is 32.6 Å². The summed E-state index contributed by atoms with van der Waals surface area (Å²) in [5.41, 5.74) is 1.68. The Morgan fingerprint density at radius 2 is 1.38 bits per heavy atom. The van der Waals surface area contributed by atoms with E-state index in [-0.39, 0.29) is 39.5 Å². The van der Waals surface area contributed by atoms with Crippen molar-refractivity contribution >= 4 is 62.3 Å². The third-order valence-electron chi connectivity index (χ3n) is 7.11. The van der Waals surface area contributed by atoms with E-state index in [0.29, 0.717) is 11.6 Å². The van der Waals surface area contributed by atoms with Crippen LogP contribution >= 0.6 is 34.8 Å². The molecule has 2 amide bonds. The molecule has 0 heterocycles. The van der Waals surface area contributed by atoms with Crippen molar-refractivity contribution in [3.05, 3.63) is 129 Å². The summed E-state index contributed by atoms with van der Waals surface area (Å²) < 4.78 is 29.1. The summed E-state index contributed by atoms with van der Waals surface area (Å²) >= 11 is 18.7. The number of rotatable bonds is 14. The Bertz CT molecular complexity index is 1670. The second-order valence-electron chi connectivity index (χ2n) is 10.5. The maximum Gasteiger partial charge on any atom is 0.264 e. The van der Waals surface area contributed by atoms with Gasteiger partial charge in [-0.25, -0.2) is 8.42 Å². The van der Waals surface area contributed by atoms with Crippen LogP contribution < -0.4 is 9.62 Å². The Morgan fingerprint density at radius 1 is 0.778 bits per heavy atom. The van der Waals surface area contributed by atoms with E-state index in [0.717, 1.165) is 28.3 Å². The van der Waals surface area contributed by atoms with Gasteiger partial charge in [-0.05, 0) is 60.0 Å². The van der Waals surface area contributed by atoms with E-state index in [9.17, 15) is 18.0 Å². The van der Waals surface area contributed by atoms with E-state index < -0.39 is 28.5 Å². The first-order valence-corrected chi connectivity index (χ1v) is 17.1. The molecule has 0 fully saturated rings. The molecule has 0 saturated carbocycles. The molecule has 4 rings (SSSR count). The number of nitrogens with one attached hydrogen (secondary N) is 1. The van der Waals surface area contributed by atoms with Gasteiger partial charge in [0, 0.05) is 34.6 Å². The largest absolute Gasteiger partial charge is 0.354 e. The highest BCUT2D eigenvalue weighted by Gasteiger charge is 2.34. The van der Waals surface area contributed by atoms with Gasteiger partial charge in [0.05, 0.1) is 10.6 Å². The molecule has 4 aromatic rings. The van der Waals surface area contributed by atoms with Crippen molar-refractivity contribution in [2.45, 2.75) is 43.7 Å². The Balaban J connectivity index is 1.80. The highest BCUT2D eigenvalue weighted by Crippen LogP contribution is 2.30. The van der Waals surface area contributed by atoms with Crippen molar-refractivity contribution in [3.63, 3.8) is 0 Å². The van der Waals surface area contributed by atoms with Gasteiger partial charge in [0.15, 0.2) is 0 Å². The Labute approximate surface area is 279 Å². The van der Waals surface area contributed by atoms with Gasteiger partial charge in [0.1, 0.15) is 12.6 Å². The lowest BCUT2D eigenvalue weighted by Crippen LogP contribution is -2.53. The molecule has 4 aromatic carbocycles. The van der Waals surface area contributed by atoms with Crippen molar-refractivity contribution in [1.29, 1.82) is 0 Å². The number of nitrogens with zero attached hydrogens (tertiary/aromatic N) is 2. The molecule has 236 valence electrons. The fraction of sp³-hybridized carbons (Fsp3) is 0.235. The summed E-state index contributed by atoms with van der Waals surface area (Å²) in [6.45, 7) is 1.88. The van der Waals surface area contributed by atoms with Crippen LogP contribution in [0.3, 0.4) is 0 Å². The fourth-order valence-electron chi connectivity index (χ4n) is 4.78. The van der Waals surface area contributed by atoms with Crippen LogP contribution in [0.25, 0.3) is 0 Å². The van der Waals surface area contributed by atoms with Crippen LogP contribution in [-0.4, -0.2) is 44.3 Å². The van der Waals surface area contributed by atoms with Crippen LogP contribution in [0.2, 0.25) is 15.1 Å². The molecule has 0 aromatic heterocycles. The lowest BCUT2D eigenvalue weighted by atomic mass is 10.0. The Morgan fingerprint density at radius 3 is 1.98 bits per heavy atom. The van der Waals surface area contributed by atoms with Gasteiger partial charge >= 0.3 is 0 Å². The van der Waals surface area contributed by atoms with Crippen LogP contribution in [0.15, 0.2) is 108 Å². The molecule has 0 bridgehead atoms. The summed E-state index contributed by atoms with van der Waals surface area (Å²) in [6.07, 6.45) is 1.87. The zero-order valence-corrected chi connectivity index (χ0v) is 27.8. The van der Waals surface area contributed by atoms with Crippen molar-refractivity contribution in [2.24, 2.45) is 0 Å². The first-order chi connectivity index (χ1) is 21.6. The Hall–Kier alpha value is -3.56. The minimum atomic E-state index is -4.27. The third kappa shape index (κ3) is 9.47. The van der Waals surface area contributed by atoms with E-state index in [1.807, 2.05) is 37.3 Å². The third-order valence-corrected chi connectivity index (χ3v) is 9.59. The van der Waals surface area contributed by atoms with Gasteiger partial charge in [0.25, 0.3) is 10.0 Å². The summed E-state index contributed by atoms with van der Waals surface area (Å²) in [5.74, 6) is -0.926. The fourth-order valence-corrected chi connectivity index (χ4v) is 6.84. The molecule has 7 nitrogen and oxygen atoms in total. The van der Waals surface area contributed by atoms with Crippen LogP contribution in [0, 0.1) is 0 Å². The highest BCUT2D eigenvalue weighted by atomic mass is 35.5. The highest BCUT2D eigenvalue weighted by molar-refractivity contribution is 7.92. The van der Waals surface area contributed by atoms with Gasteiger partial charge in [-0.3, -0.25) is 13.9 Å². The number of halogens is 3. The minimum absolute atomic E-state index is 0.0173. The molecule has 0 aliphatic carbocycles. The van der Waals surface area contributed by atoms with E-state index in [4.69, 9.17) is 34.8 Å². The van der Waals surface area contributed by atoms with Crippen molar-refractivity contribution < 1.29 is 18.0 Å². The quantitative estimate of drug-likeness (QED) is 0.140. The molecule has 1 atom stereocenters. The SMILES string of the molecule is CCCCNC(=O)C(Cc1ccccc1)N(Cc1ccc(Cl)cc1)C(=O)CN(c1cc(Cl)cc(Cl)c1)S(=O)(=O)c1ccccc1. The molecule has 1 N–H and O–H groups in total. The standard InChI is InChI=1S/C34H34Cl3N3O4S/c1-2-3-18-38-34(42)32(19-25-10-6-4-7-11-25)39(23-26-14-16-27(35)17-15-26)33(41)24-40(30-21-28(36)20-29(37)22-30)45(43,44)31-12-8-5-9-13-31/h4-17,20-22,32H,2-3,18-19,23-24H2,1H3,(H,38,42). The monoisotopic (exact) mass is 685 g/mol. The van der Waals surface area contributed by atoms with E-state index >= 15 is 0 Å². The molecule has 1 unspecified atom stereocenters.